The van der Waals surface area contributed by atoms with Crippen LogP contribution >= 0.6 is 0 Å². The number of esters is 2. The Morgan fingerprint density at radius 1 is 0.508 bits per heavy atom. The van der Waals surface area contributed by atoms with Gasteiger partial charge in [0.2, 0.25) is 0 Å². The SMILES string of the molecule is CCCCC/C=C/C/C=C/C/C=C/CCCCCCC(=O)O[C@H](COC(=O)CCCCCCCCCCCC)CO[C@H]1O[C@@H](CO[C@H]2O[C@@H](CO)[C@@H](O)C(O)C2O)[C@@H](O)C(O)C1O. The summed E-state index contributed by atoms with van der Waals surface area (Å²) in [6, 6.07) is 0. The van der Waals surface area contributed by atoms with Crippen molar-refractivity contribution in [1.82, 2.24) is 0 Å². The molecule has 2 aliphatic rings. The zero-order valence-electron chi connectivity index (χ0n) is 38.3. The number of aliphatic hydroxyl groups excluding tert-OH is 7. The van der Waals surface area contributed by atoms with Gasteiger partial charge in [0.1, 0.15) is 55.4 Å². The van der Waals surface area contributed by atoms with E-state index in [0.717, 1.165) is 64.2 Å². The predicted molar refractivity (Wildman–Crippen MR) is 238 cm³/mol. The van der Waals surface area contributed by atoms with Gasteiger partial charge in [-0.1, -0.05) is 134 Å². The van der Waals surface area contributed by atoms with Crippen LogP contribution in [0.1, 0.15) is 162 Å². The number of hydrogen-bond acceptors (Lipinski definition) is 15. The van der Waals surface area contributed by atoms with Crippen LogP contribution in [-0.2, 0) is 38.0 Å². The summed E-state index contributed by atoms with van der Waals surface area (Å²) in [7, 11) is 0. The lowest BCUT2D eigenvalue weighted by Gasteiger charge is -2.42. The molecule has 0 radical (unpaired) electrons. The molecular weight excluding hydrogens is 817 g/mol. The minimum absolute atomic E-state index is 0.140. The van der Waals surface area contributed by atoms with Gasteiger partial charge >= 0.3 is 11.9 Å². The fraction of sp³-hybridized carbons (Fsp3) is 0.833. The van der Waals surface area contributed by atoms with Gasteiger partial charge in [0.05, 0.1) is 19.8 Å². The normalized spacial score (nSPS) is 27.1. The molecule has 7 N–H and O–H groups in total. The fourth-order valence-electron chi connectivity index (χ4n) is 7.34. The Labute approximate surface area is 376 Å². The third-order valence-electron chi connectivity index (χ3n) is 11.4. The molecule has 15 heteroatoms. The van der Waals surface area contributed by atoms with Crippen LogP contribution in [0, 0.1) is 0 Å². The van der Waals surface area contributed by atoms with E-state index in [9.17, 15) is 45.3 Å². The van der Waals surface area contributed by atoms with Gasteiger partial charge in [-0.25, -0.2) is 0 Å². The molecule has 63 heavy (non-hydrogen) atoms. The van der Waals surface area contributed by atoms with Crippen molar-refractivity contribution >= 4 is 11.9 Å². The first-order valence-electron chi connectivity index (χ1n) is 24.1. The lowest BCUT2D eigenvalue weighted by Crippen LogP contribution is -2.61. The second-order valence-corrected chi connectivity index (χ2v) is 16.9. The highest BCUT2D eigenvalue weighted by molar-refractivity contribution is 5.70. The molecule has 11 atom stereocenters. The second-order valence-electron chi connectivity index (χ2n) is 16.9. The van der Waals surface area contributed by atoms with Crippen molar-refractivity contribution in [2.45, 2.75) is 229 Å². The Morgan fingerprint density at radius 3 is 1.52 bits per heavy atom. The highest BCUT2D eigenvalue weighted by Crippen LogP contribution is 2.26. The van der Waals surface area contributed by atoms with Crippen LogP contribution in [0.2, 0.25) is 0 Å². The number of hydrogen-bond donors (Lipinski definition) is 7. The molecule has 2 saturated heterocycles. The van der Waals surface area contributed by atoms with Crippen molar-refractivity contribution in [1.29, 1.82) is 0 Å². The van der Waals surface area contributed by atoms with Gasteiger partial charge in [0.15, 0.2) is 18.7 Å². The average Bonchev–Trinajstić information content (AvgIpc) is 3.28. The molecule has 4 unspecified atom stereocenters. The van der Waals surface area contributed by atoms with Gasteiger partial charge in [-0.05, 0) is 51.4 Å². The van der Waals surface area contributed by atoms with E-state index in [1.165, 1.54) is 57.8 Å². The van der Waals surface area contributed by atoms with E-state index in [1.807, 2.05) is 0 Å². The minimum atomic E-state index is -1.77. The van der Waals surface area contributed by atoms with Crippen LogP contribution in [0.5, 0.6) is 0 Å². The zero-order valence-corrected chi connectivity index (χ0v) is 38.3. The van der Waals surface area contributed by atoms with E-state index in [0.29, 0.717) is 12.8 Å². The first-order chi connectivity index (χ1) is 30.5. The molecule has 366 valence electrons. The Bertz CT molecular complexity index is 1240. The summed E-state index contributed by atoms with van der Waals surface area (Å²) in [5.74, 6) is -0.952. The Morgan fingerprint density at radius 2 is 0.952 bits per heavy atom. The van der Waals surface area contributed by atoms with Gasteiger partial charge < -0.3 is 64.2 Å². The van der Waals surface area contributed by atoms with Crippen molar-refractivity contribution in [3.63, 3.8) is 0 Å². The lowest BCUT2D eigenvalue weighted by molar-refractivity contribution is -0.332. The first kappa shape index (κ1) is 56.8. The quantitative estimate of drug-likeness (QED) is 0.0225. The van der Waals surface area contributed by atoms with Gasteiger partial charge in [-0.15, -0.1) is 0 Å². The monoisotopic (exact) mass is 901 g/mol. The molecular formula is C48H84O15. The van der Waals surface area contributed by atoms with Crippen molar-refractivity contribution in [2.75, 3.05) is 26.4 Å². The largest absolute Gasteiger partial charge is 0.462 e. The number of carbonyl (C=O) groups is 2. The lowest BCUT2D eigenvalue weighted by atomic mass is 9.98. The molecule has 0 bridgehead atoms. The molecule has 0 aromatic carbocycles. The van der Waals surface area contributed by atoms with E-state index >= 15 is 0 Å². The molecule has 15 nitrogen and oxygen atoms in total. The highest BCUT2D eigenvalue weighted by atomic mass is 16.7. The van der Waals surface area contributed by atoms with Crippen LogP contribution in [0.25, 0.3) is 0 Å². The Balaban J connectivity index is 1.84. The minimum Gasteiger partial charge on any atom is -0.462 e. The number of allylic oxidation sites excluding steroid dienone is 6. The van der Waals surface area contributed by atoms with Gasteiger partial charge in [0.25, 0.3) is 0 Å². The number of unbranched alkanes of at least 4 members (excludes halogenated alkanes) is 16. The van der Waals surface area contributed by atoms with Crippen molar-refractivity contribution in [3.8, 4) is 0 Å². The number of rotatable bonds is 36. The standard InChI is InChI=1S/C48H84O15/c1-3-5-7-9-11-13-15-16-17-18-19-20-21-23-25-27-29-31-40(51)61-36(33-58-39(50)30-28-26-24-22-14-12-10-8-6-4-2)34-59-47-46(57)44(55)42(53)38(63-47)35-60-48-45(56)43(54)41(52)37(32-49)62-48/h11,13,16-17,19-20,36-38,41-49,52-57H,3-10,12,14-15,18,21-35H2,1-2H3/b13-11+,17-16+,20-19+/t36-,37+,38+,41-,42-,43?,44?,45?,46?,47+,48+/m1/s1. The summed E-state index contributed by atoms with van der Waals surface area (Å²) in [6.45, 7) is 2.51. The molecule has 2 rings (SSSR count). The van der Waals surface area contributed by atoms with Crippen LogP contribution < -0.4 is 0 Å². The van der Waals surface area contributed by atoms with E-state index in [4.69, 9.17) is 28.4 Å². The molecule has 0 aliphatic carbocycles. The molecule has 2 heterocycles. The summed E-state index contributed by atoms with van der Waals surface area (Å²) in [6.07, 6.45) is 19.0. The van der Waals surface area contributed by atoms with E-state index < -0.39 is 92.7 Å². The first-order valence-corrected chi connectivity index (χ1v) is 24.1. The average molecular weight is 901 g/mol. The Hall–Kier alpha value is -2.28. The molecule has 0 aromatic rings. The van der Waals surface area contributed by atoms with Crippen LogP contribution in [0.4, 0.5) is 0 Å². The van der Waals surface area contributed by atoms with E-state index in [-0.39, 0.29) is 26.1 Å². The summed E-state index contributed by atoms with van der Waals surface area (Å²) in [5.41, 5.74) is 0. The maximum Gasteiger partial charge on any atom is 0.306 e. The van der Waals surface area contributed by atoms with Crippen LogP contribution in [0.3, 0.4) is 0 Å². The van der Waals surface area contributed by atoms with Crippen molar-refractivity contribution in [2.24, 2.45) is 0 Å². The molecule has 2 aliphatic heterocycles. The summed E-state index contributed by atoms with van der Waals surface area (Å²) >= 11 is 0. The highest BCUT2D eigenvalue weighted by Gasteiger charge is 2.47. The number of aliphatic hydroxyl groups is 7. The summed E-state index contributed by atoms with van der Waals surface area (Å²) in [5, 5.41) is 71.9. The van der Waals surface area contributed by atoms with Crippen molar-refractivity contribution < 1.29 is 73.8 Å². The molecule has 0 saturated carbocycles. The molecule has 0 amide bonds. The van der Waals surface area contributed by atoms with Crippen LogP contribution in [0.15, 0.2) is 36.5 Å². The summed E-state index contributed by atoms with van der Waals surface area (Å²) < 4.78 is 33.4. The number of ether oxygens (including phenoxy) is 6. The maximum absolute atomic E-state index is 13.0. The van der Waals surface area contributed by atoms with Gasteiger partial charge in [-0.2, -0.15) is 0 Å². The second kappa shape index (κ2) is 35.9. The third-order valence-corrected chi connectivity index (χ3v) is 11.4. The predicted octanol–water partition coefficient (Wildman–Crippen LogP) is 5.76. The van der Waals surface area contributed by atoms with E-state index in [1.54, 1.807) is 0 Å². The van der Waals surface area contributed by atoms with Crippen LogP contribution in [-0.4, -0.2) is 142 Å². The maximum atomic E-state index is 13.0. The summed E-state index contributed by atoms with van der Waals surface area (Å²) in [4.78, 5) is 25.6. The fourth-order valence-corrected chi connectivity index (χ4v) is 7.34. The third kappa shape index (κ3) is 24.7. The zero-order chi connectivity index (χ0) is 46.1. The molecule has 0 spiro atoms. The van der Waals surface area contributed by atoms with Gasteiger partial charge in [0, 0.05) is 12.8 Å². The van der Waals surface area contributed by atoms with Gasteiger partial charge in [-0.3, -0.25) is 9.59 Å². The topological polar surface area (TPSA) is 231 Å². The number of carbonyl (C=O) groups excluding carboxylic acids is 2. The van der Waals surface area contributed by atoms with Crippen molar-refractivity contribution in [3.05, 3.63) is 36.5 Å². The van der Waals surface area contributed by atoms with E-state index in [2.05, 4.69) is 50.3 Å². The molecule has 2 fully saturated rings. The molecule has 0 aromatic heterocycles. The smallest absolute Gasteiger partial charge is 0.306 e. The Kier molecular flexibility index (Phi) is 32.4.